The predicted octanol–water partition coefficient (Wildman–Crippen LogP) is 4.21. The van der Waals surface area contributed by atoms with E-state index >= 15 is 0 Å². The molecule has 0 heterocycles. The molecule has 0 spiro atoms. The summed E-state index contributed by atoms with van der Waals surface area (Å²) in [6.45, 7) is 2.84. The van der Waals surface area contributed by atoms with Gasteiger partial charge >= 0.3 is 0 Å². The highest BCUT2D eigenvalue weighted by Gasteiger charge is 2.08. The van der Waals surface area contributed by atoms with Crippen LogP contribution < -0.4 is 14.8 Å². The first kappa shape index (κ1) is 15.7. The second-order valence-electron chi connectivity index (χ2n) is 4.83. The zero-order chi connectivity index (χ0) is 15.2. The first-order valence-electron chi connectivity index (χ1n) is 6.83. The van der Waals surface area contributed by atoms with Gasteiger partial charge in [0.15, 0.2) is 0 Å². The Labute approximate surface area is 130 Å². The van der Waals surface area contributed by atoms with Crippen LogP contribution in [0, 0.1) is 0 Å². The zero-order valence-corrected chi connectivity index (χ0v) is 13.3. The van der Waals surface area contributed by atoms with Crippen LogP contribution in [0.25, 0.3) is 0 Å². The van der Waals surface area contributed by atoms with E-state index in [1.807, 2.05) is 42.5 Å². The van der Waals surface area contributed by atoms with Crippen LogP contribution >= 0.6 is 11.6 Å². The first-order chi connectivity index (χ1) is 10.1. The van der Waals surface area contributed by atoms with Crippen molar-refractivity contribution in [1.82, 2.24) is 5.32 Å². The summed E-state index contributed by atoms with van der Waals surface area (Å²) in [5, 5.41) is 4.24. The summed E-state index contributed by atoms with van der Waals surface area (Å²) in [6, 6.07) is 14.0. The van der Waals surface area contributed by atoms with E-state index in [4.69, 9.17) is 21.1 Å². The zero-order valence-electron chi connectivity index (χ0n) is 12.5. The van der Waals surface area contributed by atoms with Crippen molar-refractivity contribution in [3.63, 3.8) is 0 Å². The van der Waals surface area contributed by atoms with Crippen LogP contribution in [0.4, 0.5) is 0 Å². The number of methoxy groups -OCH3 is 2. The van der Waals surface area contributed by atoms with Crippen LogP contribution in [-0.4, -0.2) is 14.2 Å². The average Bonchev–Trinajstić information content (AvgIpc) is 2.53. The summed E-state index contributed by atoms with van der Waals surface area (Å²) >= 11 is 5.91. The summed E-state index contributed by atoms with van der Waals surface area (Å²) in [6.07, 6.45) is 0. The second kappa shape index (κ2) is 7.34. The average molecular weight is 306 g/mol. The van der Waals surface area contributed by atoms with Gasteiger partial charge in [0.05, 0.1) is 14.2 Å². The molecule has 1 N–H and O–H groups in total. The van der Waals surface area contributed by atoms with Gasteiger partial charge in [-0.05, 0) is 30.7 Å². The topological polar surface area (TPSA) is 30.5 Å². The molecule has 4 heteroatoms. The molecule has 112 valence electrons. The Morgan fingerprint density at radius 2 is 1.76 bits per heavy atom. The highest BCUT2D eigenvalue weighted by Crippen LogP contribution is 2.25. The van der Waals surface area contributed by atoms with E-state index in [2.05, 4.69) is 12.2 Å². The van der Waals surface area contributed by atoms with Crippen LogP contribution in [0.15, 0.2) is 42.5 Å². The molecular weight excluding hydrogens is 286 g/mol. The Morgan fingerprint density at radius 1 is 1.05 bits per heavy atom. The van der Waals surface area contributed by atoms with Gasteiger partial charge in [0.2, 0.25) is 0 Å². The monoisotopic (exact) mass is 305 g/mol. The maximum Gasteiger partial charge on any atom is 0.127 e. The molecule has 0 fully saturated rings. The second-order valence-corrected chi connectivity index (χ2v) is 5.27. The molecule has 21 heavy (non-hydrogen) atoms. The summed E-state index contributed by atoms with van der Waals surface area (Å²) in [5.74, 6) is 1.62. The van der Waals surface area contributed by atoms with Crippen LogP contribution in [0.2, 0.25) is 5.02 Å². The van der Waals surface area contributed by atoms with Crippen LogP contribution in [0.3, 0.4) is 0 Å². The molecule has 0 unspecified atom stereocenters. The summed E-state index contributed by atoms with van der Waals surface area (Å²) in [5.41, 5.74) is 2.30. The lowest BCUT2D eigenvalue weighted by Crippen LogP contribution is -2.18. The molecule has 0 bridgehead atoms. The fraction of sp³-hybridized carbons (Fsp3) is 0.294. The molecule has 0 aliphatic rings. The number of ether oxygens (including phenoxy) is 2. The van der Waals surface area contributed by atoms with Crippen LogP contribution in [0.5, 0.6) is 11.5 Å². The van der Waals surface area contributed by atoms with Gasteiger partial charge < -0.3 is 14.8 Å². The third-order valence-electron chi connectivity index (χ3n) is 3.46. The molecule has 1 atom stereocenters. The Morgan fingerprint density at radius 3 is 2.38 bits per heavy atom. The standard InChI is InChI=1S/C17H20ClNO2/c1-12(13-4-7-15(18)8-5-13)19-11-14-6-9-16(20-2)10-17(14)21-3/h4-10,12,19H,11H2,1-3H3/t12-/m1/s1. The van der Waals surface area contributed by atoms with Crippen molar-refractivity contribution < 1.29 is 9.47 Å². The van der Waals surface area contributed by atoms with Crippen molar-refractivity contribution in [3.8, 4) is 11.5 Å². The minimum atomic E-state index is 0.231. The van der Waals surface area contributed by atoms with E-state index in [1.165, 1.54) is 5.56 Å². The fourth-order valence-corrected chi connectivity index (χ4v) is 2.26. The summed E-state index contributed by atoms with van der Waals surface area (Å²) in [4.78, 5) is 0. The number of hydrogen-bond acceptors (Lipinski definition) is 3. The third kappa shape index (κ3) is 4.13. The SMILES string of the molecule is COc1ccc(CN[C@H](C)c2ccc(Cl)cc2)c(OC)c1. The molecule has 2 aromatic carbocycles. The van der Waals surface area contributed by atoms with E-state index in [0.717, 1.165) is 28.6 Å². The van der Waals surface area contributed by atoms with Crippen LogP contribution in [0.1, 0.15) is 24.1 Å². The Kier molecular flexibility index (Phi) is 5.48. The van der Waals surface area contributed by atoms with E-state index < -0.39 is 0 Å². The highest BCUT2D eigenvalue weighted by atomic mass is 35.5. The van der Waals surface area contributed by atoms with Crippen molar-refractivity contribution in [1.29, 1.82) is 0 Å². The van der Waals surface area contributed by atoms with E-state index in [0.29, 0.717) is 0 Å². The van der Waals surface area contributed by atoms with Crippen molar-refractivity contribution >= 4 is 11.6 Å². The lowest BCUT2D eigenvalue weighted by molar-refractivity contribution is 0.389. The highest BCUT2D eigenvalue weighted by molar-refractivity contribution is 6.30. The van der Waals surface area contributed by atoms with Crippen molar-refractivity contribution in [2.75, 3.05) is 14.2 Å². The third-order valence-corrected chi connectivity index (χ3v) is 3.71. The van der Waals surface area contributed by atoms with Crippen LogP contribution in [-0.2, 0) is 6.54 Å². The van der Waals surface area contributed by atoms with E-state index in [1.54, 1.807) is 14.2 Å². The van der Waals surface area contributed by atoms with E-state index in [-0.39, 0.29) is 6.04 Å². The lowest BCUT2D eigenvalue weighted by atomic mass is 10.1. The van der Waals surface area contributed by atoms with Gasteiger partial charge in [0, 0.05) is 29.2 Å². The van der Waals surface area contributed by atoms with Crippen molar-refractivity contribution in [2.45, 2.75) is 19.5 Å². The Balaban J connectivity index is 2.03. The van der Waals surface area contributed by atoms with E-state index in [9.17, 15) is 0 Å². The Hall–Kier alpha value is -1.71. The van der Waals surface area contributed by atoms with Gasteiger partial charge in [-0.25, -0.2) is 0 Å². The number of benzene rings is 2. The minimum Gasteiger partial charge on any atom is -0.497 e. The van der Waals surface area contributed by atoms with Gasteiger partial charge in [-0.15, -0.1) is 0 Å². The minimum absolute atomic E-state index is 0.231. The largest absolute Gasteiger partial charge is 0.497 e. The molecule has 0 saturated heterocycles. The van der Waals surface area contributed by atoms with Gasteiger partial charge in [-0.1, -0.05) is 29.8 Å². The quantitative estimate of drug-likeness (QED) is 0.867. The molecule has 0 amide bonds. The normalized spacial score (nSPS) is 12.0. The van der Waals surface area contributed by atoms with Crippen molar-refractivity contribution in [2.24, 2.45) is 0 Å². The molecule has 3 nitrogen and oxygen atoms in total. The summed E-state index contributed by atoms with van der Waals surface area (Å²) in [7, 11) is 3.32. The summed E-state index contributed by atoms with van der Waals surface area (Å²) < 4.78 is 10.6. The number of halogens is 1. The smallest absolute Gasteiger partial charge is 0.127 e. The maximum atomic E-state index is 5.91. The molecule has 0 aromatic heterocycles. The van der Waals surface area contributed by atoms with Crippen molar-refractivity contribution in [3.05, 3.63) is 58.6 Å². The van der Waals surface area contributed by atoms with Gasteiger partial charge in [-0.2, -0.15) is 0 Å². The molecule has 0 aliphatic heterocycles. The maximum absolute atomic E-state index is 5.91. The van der Waals surface area contributed by atoms with Gasteiger partial charge in [0.25, 0.3) is 0 Å². The number of rotatable bonds is 6. The number of hydrogen-bond donors (Lipinski definition) is 1. The predicted molar refractivity (Wildman–Crippen MR) is 86.3 cm³/mol. The molecule has 0 radical (unpaired) electrons. The number of nitrogens with one attached hydrogen (secondary N) is 1. The first-order valence-corrected chi connectivity index (χ1v) is 7.21. The lowest BCUT2D eigenvalue weighted by Gasteiger charge is -2.16. The Bertz CT molecular complexity index is 584. The van der Waals surface area contributed by atoms with Gasteiger partial charge in [0.1, 0.15) is 11.5 Å². The molecule has 0 aliphatic carbocycles. The molecular formula is C17H20ClNO2. The molecule has 2 rings (SSSR count). The molecule has 0 saturated carbocycles. The van der Waals surface area contributed by atoms with Gasteiger partial charge in [-0.3, -0.25) is 0 Å². The fourth-order valence-electron chi connectivity index (χ4n) is 2.13. The molecule has 2 aromatic rings.